The van der Waals surface area contributed by atoms with E-state index in [1.54, 1.807) is 0 Å². The predicted molar refractivity (Wildman–Crippen MR) is 12.4 cm³/mol. The zero-order valence-corrected chi connectivity index (χ0v) is 7.32. The van der Waals surface area contributed by atoms with Gasteiger partial charge < -0.3 is 11.0 Å². The molecular formula is H6O5TiZr. The average molecular weight is 225 g/mol. The Balaban J connectivity index is -0.0000000150. The Morgan fingerprint density at radius 3 is 1.14 bits per heavy atom. The summed E-state index contributed by atoms with van der Waals surface area (Å²) in [6.07, 6.45) is 0. The first-order valence-corrected chi connectivity index (χ1v) is 2.69. The molecule has 5 nitrogen and oxygen atoms in total. The van der Waals surface area contributed by atoms with Gasteiger partial charge in [-0.25, -0.2) is 0 Å². The van der Waals surface area contributed by atoms with Crippen LogP contribution in [0.15, 0.2) is 0 Å². The van der Waals surface area contributed by atoms with Crippen LogP contribution in [-0.4, -0.2) is 18.3 Å². The van der Waals surface area contributed by atoms with Crippen LogP contribution in [0.3, 0.4) is 0 Å². The first-order chi connectivity index (χ1) is 1.73. The molecule has 0 amide bonds. The number of rotatable bonds is 0. The molecule has 0 heterocycles. The van der Waals surface area contributed by atoms with Gasteiger partial charge in [-0.1, -0.05) is 0 Å². The number of hydrogen-bond donors (Lipinski definition) is 2. The molecule has 0 fully saturated rings. The maximum Gasteiger partial charge on any atom is 0 e. The van der Waals surface area contributed by atoms with Crippen LogP contribution < -0.4 is 0 Å². The van der Waals surface area contributed by atoms with Gasteiger partial charge in [-0.05, 0) is 0 Å². The van der Waals surface area contributed by atoms with Crippen molar-refractivity contribution in [3.05, 3.63) is 0 Å². The van der Waals surface area contributed by atoms with E-state index in [1.807, 2.05) is 0 Å². The van der Waals surface area contributed by atoms with E-state index >= 15 is 0 Å². The third kappa shape index (κ3) is 130. The molecule has 0 rings (SSSR count). The van der Waals surface area contributed by atoms with E-state index in [0.717, 1.165) is 0 Å². The molecule has 6 N–H and O–H groups in total. The van der Waals surface area contributed by atoms with Crippen LogP contribution in [-0.2, 0) is 48.1 Å². The van der Waals surface area contributed by atoms with E-state index in [1.165, 1.54) is 0 Å². The minimum absolute atomic E-state index is 0. The van der Waals surface area contributed by atoms with Gasteiger partial charge in [-0.2, -0.15) is 0 Å². The molecule has 44 valence electrons. The molecular weight excluding hydrogens is 219 g/mol. The zero-order valence-electron chi connectivity index (χ0n) is 3.30. The van der Waals surface area contributed by atoms with E-state index in [0.29, 0.717) is 0 Å². The largest absolute Gasteiger partial charge is 0 e. The summed E-state index contributed by atoms with van der Waals surface area (Å²) in [6.45, 7) is 0. The average Bonchev–Trinajstić information content (AvgIpc) is 0.811. The van der Waals surface area contributed by atoms with Gasteiger partial charge in [0.2, 0.25) is 0 Å². The third-order valence-electron chi connectivity index (χ3n) is 0. The topological polar surface area (TPSA) is 121 Å². The van der Waals surface area contributed by atoms with Gasteiger partial charge in [-0.15, -0.1) is 0 Å². The molecule has 0 spiro atoms. The summed E-state index contributed by atoms with van der Waals surface area (Å²) in [6, 6.07) is 0. The predicted octanol–water partition coefficient (Wildman–Crippen LogP) is -2.89. The summed E-state index contributed by atoms with van der Waals surface area (Å²) in [4.78, 5) is 0. The van der Waals surface area contributed by atoms with Crippen molar-refractivity contribution >= 4 is 0 Å². The molecule has 7 heteroatoms. The Morgan fingerprint density at radius 2 is 1.14 bits per heavy atom. The maximum absolute atomic E-state index is 8.81. The third-order valence-corrected chi connectivity index (χ3v) is 0. The Hall–Kier alpha value is 1.24. The van der Waals surface area contributed by atoms with Gasteiger partial charge in [0.1, 0.15) is 0 Å². The van der Waals surface area contributed by atoms with Crippen molar-refractivity contribution in [1.82, 2.24) is 0 Å². The first kappa shape index (κ1) is 24.0. The van der Waals surface area contributed by atoms with Crippen molar-refractivity contribution in [2.75, 3.05) is 0 Å². The molecule has 0 aromatic rings. The molecule has 0 aliphatic carbocycles. The second kappa shape index (κ2) is 15.7. The monoisotopic (exact) mass is 224 g/mol. The first-order valence-electron chi connectivity index (χ1n) is 0.651. The van der Waals surface area contributed by atoms with E-state index in [-0.39, 0.29) is 37.2 Å². The molecule has 0 aromatic heterocycles. The normalized spacial score (nSPS) is 3.71. The van der Waals surface area contributed by atoms with Gasteiger partial charge in [0, 0.05) is 26.2 Å². The summed E-state index contributed by atoms with van der Waals surface area (Å²) < 4.78 is 23.2. The Morgan fingerprint density at radius 1 is 1.14 bits per heavy atom. The maximum atomic E-state index is 8.81. The fourth-order valence-corrected chi connectivity index (χ4v) is 0. The van der Waals surface area contributed by atoms with Crippen molar-refractivity contribution in [1.29, 1.82) is 0 Å². The Bertz CT molecular complexity index is 31.1. The molecule has 0 aliphatic heterocycles. The van der Waals surface area contributed by atoms with Crippen molar-refractivity contribution in [2.45, 2.75) is 0 Å². The fourth-order valence-electron chi connectivity index (χ4n) is 0. The molecule has 0 unspecified atom stereocenters. The smallest absolute Gasteiger partial charge is 0 e. The van der Waals surface area contributed by atoms with Crippen molar-refractivity contribution in [2.24, 2.45) is 0 Å². The summed E-state index contributed by atoms with van der Waals surface area (Å²) in [5.74, 6) is 0. The number of hydrogen-bond acceptors (Lipinski definition) is 1. The fraction of sp³-hybridized carbons (Fsp3) is 0. The molecule has 0 radical (unpaired) electrons. The van der Waals surface area contributed by atoms with Gasteiger partial charge in [-0.3, -0.25) is 0 Å². The zero-order chi connectivity index (χ0) is 3.58. The van der Waals surface area contributed by atoms with Crippen molar-refractivity contribution in [3.8, 4) is 0 Å². The van der Waals surface area contributed by atoms with Crippen LogP contribution in [0, 0.1) is 0 Å². The van der Waals surface area contributed by atoms with E-state index < -0.39 is 18.6 Å². The van der Waals surface area contributed by atoms with Crippen molar-refractivity contribution in [3.63, 3.8) is 0 Å². The van der Waals surface area contributed by atoms with Crippen LogP contribution in [0.5, 0.6) is 0 Å². The second-order valence-electron chi connectivity index (χ2n) is 0.283. The summed E-state index contributed by atoms with van der Waals surface area (Å²) >= 11 is -3.58. The molecule has 0 bridgehead atoms. The van der Waals surface area contributed by atoms with Gasteiger partial charge in [0.05, 0.1) is 0 Å². The molecule has 0 atom stereocenters. The van der Waals surface area contributed by atoms with Crippen LogP contribution in [0.1, 0.15) is 0 Å². The van der Waals surface area contributed by atoms with E-state index in [4.69, 9.17) is 10.7 Å². The standard InChI is InChI=1S/4H2O.O.Ti.Zr/h4*1H2;;;/q;;;;;+2;/p-2. The Kier molecular flexibility index (Phi) is 53.8. The molecule has 7 heavy (non-hydrogen) atoms. The minimum atomic E-state index is -3.58. The molecule has 0 saturated carbocycles. The van der Waals surface area contributed by atoms with E-state index in [2.05, 4.69) is 0 Å². The molecule has 0 aliphatic rings. The Labute approximate surface area is 66.2 Å². The molecule has 0 aromatic carbocycles. The quantitative estimate of drug-likeness (QED) is 0.430. The van der Waals surface area contributed by atoms with Gasteiger partial charge in [0.25, 0.3) is 0 Å². The van der Waals surface area contributed by atoms with Crippen molar-refractivity contribution < 1.29 is 66.5 Å². The summed E-state index contributed by atoms with van der Waals surface area (Å²) in [5, 5.41) is 0. The van der Waals surface area contributed by atoms with Crippen LogP contribution in [0.4, 0.5) is 0 Å². The summed E-state index contributed by atoms with van der Waals surface area (Å²) in [7, 11) is 0. The van der Waals surface area contributed by atoms with Crippen LogP contribution >= 0.6 is 0 Å². The van der Waals surface area contributed by atoms with Crippen LogP contribution in [0.2, 0.25) is 0 Å². The minimum Gasteiger partial charge on any atom is 0 e. The summed E-state index contributed by atoms with van der Waals surface area (Å²) in [5.41, 5.74) is 0. The molecule has 0 saturated heterocycles. The second-order valence-corrected chi connectivity index (χ2v) is 1.17. The van der Waals surface area contributed by atoms with Gasteiger partial charge in [0.15, 0.2) is 0 Å². The van der Waals surface area contributed by atoms with Crippen LogP contribution in [0.25, 0.3) is 0 Å². The van der Waals surface area contributed by atoms with E-state index in [9.17, 15) is 0 Å². The van der Waals surface area contributed by atoms with Gasteiger partial charge >= 0.3 is 29.3 Å². The SMILES string of the molecule is O.O.[O]=[Ti]([OH])[OH].[Zr].